The lowest BCUT2D eigenvalue weighted by molar-refractivity contribution is -0.137. The molecule has 0 spiro atoms. The van der Waals surface area contributed by atoms with Crippen LogP contribution in [0.5, 0.6) is 0 Å². The van der Waals surface area contributed by atoms with E-state index in [1.807, 2.05) is 13.8 Å². The van der Waals surface area contributed by atoms with Crippen LogP contribution in [0, 0.1) is 0 Å². The molecule has 100 valence electrons. The highest BCUT2D eigenvalue weighted by molar-refractivity contribution is 7.09. The number of carboxylic acids is 1. The number of nitrogens with one attached hydrogen (secondary N) is 1. The first-order valence-electron chi connectivity index (χ1n) is 5.88. The van der Waals surface area contributed by atoms with Gasteiger partial charge in [0.2, 0.25) is 0 Å². The lowest BCUT2D eigenvalue weighted by Gasteiger charge is -2.11. The number of hydrogen-bond acceptors (Lipinski definition) is 4. The van der Waals surface area contributed by atoms with E-state index in [-0.39, 0.29) is 18.4 Å². The highest BCUT2D eigenvalue weighted by Gasteiger charge is 2.15. The summed E-state index contributed by atoms with van der Waals surface area (Å²) in [5.41, 5.74) is 0.408. The van der Waals surface area contributed by atoms with Crippen molar-refractivity contribution >= 4 is 23.2 Å². The van der Waals surface area contributed by atoms with Gasteiger partial charge >= 0.3 is 5.97 Å². The number of rotatable bonds is 6. The zero-order valence-corrected chi connectivity index (χ0v) is 11.6. The predicted octanol–water partition coefficient (Wildman–Crippen LogP) is 2.25. The fourth-order valence-electron chi connectivity index (χ4n) is 1.37. The maximum atomic E-state index is 11.8. The lowest BCUT2D eigenvalue weighted by atomic mass is 10.2. The summed E-state index contributed by atoms with van der Waals surface area (Å²) in [5.74, 6) is -0.788. The maximum Gasteiger partial charge on any atom is 0.303 e. The molecule has 1 aromatic heterocycles. The fraction of sp³-hybridized carbons (Fsp3) is 0.583. The third-order valence-electron chi connectivity index (χ3n) is 2.42. The Morgan fingerprint density at radius 2 is 2.11 bits per heavy atom. The van der Waals surface area contributed by atoms with Gasteiger partial charge in [-0.3, -0.25) is 9.59 Å². The van der Waals surface area contributed by atoms with Gasteiger partial charge in [0.1, 0.15) is 5.69 Å². The number of aliphatic carboxylic acids is 1. The zero-order valence-electron chi connectivity index (χ0n) is 10.8. The summed E-state index contributed by atoms with van der Waals surface area (Å²) in [5, 5.41) is 14.0. The topological polar surface area (TPSA) is 79.3 Å². The monoisotopic (exact) mass is 270 g/mol. The molecule has 1 rings (SSSR count). The second kappa shape index (κ2) is 6.49. The van der Waals surface area contributed by atoms with E-state index in [4.69, 9.17) is 5.11 Å². The zero-order chi connectivity index (χ0) is 13.7. The molecular formula is C12H18N2O3S. The SMILES string of the molecule is CC(C)c1nc(C(=O)N[C@H](C)CCC(=O)O)cs1. The number of amides is 1. The van der Waals surface area contributed by atoms with E-state index in [2.05, 4.69) is 10.3 Å². The van der Waals surface area contributed by atoms with Crippen molar-refractivity contribution in [2.24, 2.45) is 0 Å². The van der Waals surface area contributed by atoms with Crippen LogP contribution in [0.15, 0.2) is 5.38 Å². The van der Waals surface area contributed by atoms with Crippen LogP contribution in [0.2, 0.25) is 0 Å². The number of nitrogens with zero attached hydrogens (tertiary/aromatic N) is 1. The number of carboxylic acid groups (broad SMARTS) is 1. The van der Waals surface area contributed by atoms with Gasteiger partial charge in [-0.15, -0.1) is 11.3 Å². The second-order valence-electron chi connectivity index (χ2n) is 4.53. The molecule has 18 heavy (non-hydrogen) atoms. The Labute approximate surface area is 110 Å². The number of aromatic nitrogens is 1. The summed E-state index contributed by atoms with van der Waals surface area (Å²) >= 11 is 1.47. The third kappa shape index (κ3) is 4.44. The molecule has 0 unspecified atom stereocenters. The van der Waals surface area contributed by atoms with Crippen molar-refractivity contribution in [1.29, 1.82) is 0 Å². The summed E-state index contributed by atoms with van der Waals surface area (Å²) in [6.07, 6.45) is 0.470. The number of thiazole rings is 1. The molecule has 5 nitrogen and oxygen atoms in total. The highest BCUT2D eigenvalue weighted by atomic mass is 32.1. The summed E-state index contributed by atoms with van der Waals surface area (Å²) in [6, 6.07) is -0.169. The van der Waals surface area contributed by atoms with E-state index in [9.17, 15) is 9.59 Å². The van der Waals surface area contributed by atoms with Gasteiger partial charge in [0, 0.05) is 23.8 Å². The van der Waals surface area contributed by atoms with Crippen LogP contribution in [0.1, 0.15) is 55.0 Å². The van der Waals surface area contributed by atoms with Gasteiger partial charge in [-0.05, 0) is 13.3 Å². The van der Waals surface area contributed by atoms with Gasteiger partial charge in [0.25, 0.3) is 5.91 Å². The van der Waals surface area contributed by atoms with Crippen molar-refractivity contribution in [3.63, 3.8) is 0 Å². The Balaban J connectivity index is 2.51. The Kier molecular flexibility index (Phi) is 5.27. The van der Waals surface area contributed by atoms with Crippen molar-refractivity contribution < 1.29 is 14.7 Å². The van der Waals surface area contributed by atoms with Crippen molar-refractivity contribution in [2.45, 2.75) is 45.6 Å². The molecule has 2 N–H and O–H groups in total. The van der Waals surface area contributed by atoms with E-state index in [1.54, 1.807) is 12.3 Å². The number of carbonyl (C=O) groups is 2. The average molecular weight is 270 g/mol. The van der Waals surface area contributed by atoms with Crippen LogP contribution in [0.3, 0.4) is 0 Å². The normalized spacial score (nSPS) is 12.4. The van der Waals surface area contributed by atoms with Crippen LogP contribution < -0.4 is 5.32 Å². The number of carbonyl (C=O) groups excluding carboxylic acids is 1. The molecule has 0 aliphatic carbocycles. The van der Waals surface area contributed by atoms with Crippen molar-refractivity contribution in [2.75, 3.05) is 0 Å². The Bertz CT molecular complexity index is 429. The molecule has 0 radical (unpaired) electrons. The molecule has 0 saturated heterocycles. The summed E-state index contributed by atoms with van der Waals surface area (Å²) in [4.78, 5) is 26.5. The maximum absolute atomic E-state index is 11.8. The largest absolute Gasteiger partial charge is 0.481 e. The van der Waals surface area contributed by atoms with Crippen molar-refractivity contribution in [1.82, 2.24) is 10.3 Å². The third-order valence-corrected chi connectivity index (χ3v) is 3.56. The first kappa shape index (κ1) is 14.6. The summed E-state index contributed by atoms with van der Waals surface area (Å²) < 4.78 is 0. The molecule has 0 bridgehead atoms. The molecular weight excluding hydrogens is 252 g/mol. The van der Waals surface area contributed by atoms with Gasteiger partial charge < -0.3 is 10.4 Å². The van der Waals surface area contributed by atoms with Gasteiger partial charge in [-0.1, -0.05) is 13.8 Å². The van der Waals surface area contributed by atoms with Gasteiger partial charge in [0.15, 0.2) is 0 Å². The first-order chi connectivity index (χ1) is 8.40. The minimum absolute atomic E-state index is 0.0513. The molecule has 0 aliphatic rings. The fourth-order valence-corrected chi connectivity index (χ4v) is 2.18. The highest BCUT2D eigenvalue weighted by Crippen LogP contribution is 2.19. The minimum atomic E-state index is -0.855. The van der Waals surface area contributed by atoms with Crippen molar-refractivity contribution in [3.8, 4) is 0 Å². The molecule has 0 fully saturated rings. The average Bonchev–Trinajstić information content (AvgIpc) is 2.75. The van der Waals surface area contributed by atoms with E-state index in [0.29, 0.717) is 18.0 Å². The van der Waals surface area contributed by atoms with E-state index >= 15 is 0 Å². The Morgan fingerprint density at radius 1 is 1.44 bits per heavy atom. The van der Waals surface area contributed by atoms with Crippen LogP contribution in [-0.4, -0.2) is 28.0 Å². The lowest BCUT2D eigenvalue weighted by Crippen LogP contribution is -2.33. The van der Waals surface area contributed by atoms with Crippen molar-refractivity contribution in [3.05, 3.63) is 16.1 Å². The minimum Gasteiger partial charge on any atom is -0.481 e. The summed E-state index contributed by atoms with van der Waals surface area (Å²) in [6.45, 7) is 5.84. The quantitative estimate of drug-likeness (QED) is 0.831. The Morgan fingerprint density at radius 3 is 2.61 bits per heavy atom. The van der Waals surface area contributed by atoms with E-state index < -0.39 is 5.97 Å². The van der Waals surface area contributed by atoms with Gasteiger partial charge in [-0.2, -0.15) is 0 Å². The van der Waals surface area contributed by atoms with Crippen LogP contribution in [-0.2, 0) is 4.79 Å². The predicted molar refractivity (Wildman–Crippen MR) is 70.0 cm³/mol. The van der Waals surface area contributed by atoms with E-state index in [0.717, 1.165) is 5.01 Å². The second-order valence-corrected chi connectivity index (χ2v) is 5.42. The molecule has 0 aromatic carbocycles. The van der Waals surface area contributed by atoms with E-state index in [1.165, 1.54) is 11.3 Å². The number of hydrogen-bond donors (Lipinski definition) is 2. The summed E-state index contributed by atoms with van der Waals surface area (Å²) in [7, 11) is 0. The van der Waals surface area contributed by atoms with Crippen LogP contribution in [0.25, 0.3) is 0 Å². The first-order valence-corrected chi connectivity index (χ1v) is 6.76. The standard InChI is InChI=1S/C12H18N2O3S/c1-7(2)12-14-9(6-18-12)11(17)13-8(3)4-5-10(15)16/h6-8H,4-5H2,1-3H3,(H,13,17)(H,15,16)/t8-/m1/s1. The smallest absolute Gasteiger partial charge is 0.303 e. The molecule has 6 heteroatoms. The van der Waals surface area contributed by atoms with Gasteiger partial charge in [0.05, 0.1) is 5.01 Å². The van der Waals surface area contributed by atoms with Crippen LogP contribution >= 0.6 is 11.3 Å². The molecule has 1 atom stereocenters. The molecule has 0 saturated carbocycles. The molecule has 1 heterocycles. The molecule has 0 aliphatic heterocycles. The van der Waals surface area contributed by atoms with Crippen LogP contribution in [0.4, 0.5) is 0 Å². The van der Waals surface area contributed by atoms with Gasteiger partial charge in [-0.25, -0.2) is 4.98 Å². The molecule has 1 aromatic rings. The molecule has 1 amide bonds. The Hall–Kier alpha value is -1.43.